The molecule has 0 spiro atoms. The molecule has 0 aromatic carbocycles. The minimum absolute atomic E-state index is 0.0264. The van der Waals surface area contributed by atoms with Gasteiger partial charge in [0.2, 0.25) is 0 Å². The van der Waals surface area contributed by atoms with Crippen LogP contribution in [0.4, 0.5) is 0 Å². The molecule has 4 nitrogen and oxygen atoms in total. The Hall–Kier alpha value is -0.160. The third-order valence-corrected chi connectivity index (χ3v) is 2.13. The minimum atomic E-state index is 0.0264. The summed E-state index contributed by atoms with van der Waals surface area (Å²) in [5.74, 6) is 0. The van der Waals surface area contributed by atoms with Crippen molar-refractivity contribution in [1.82, 2.24) is 0 Å². The number of hydrogen-bond acceptors (Lipinski definition) is 4. The molecule has 0 saturated carbocycles. The number of ether oxygens (including phenoxy) is 2. The Morgan fingerprint density at radius 2 is 1.30 bits per heavy atom. The van der Waals surface area contributed by atoms with Crippen LogP contribution in [0.15, 0.2) is 0 Å². The summed E-state index contributed by atoms with van der Waals surface area (Å²) in [6, 6.07) is 0.0529. The van der Waals surface area contributed by atoms with Crippen molar-refractivity contribution in [3.8, 4) is 0 Å². The van der Waals surface area contributed by atoms with E-state index in [1.54, 1.807) is 0 Å². The minimum Gasteiger partial charge on any atom is -0.372 e. The lowest BCUT2D eigenvalue weighted by molar-refractivity contribution is 0.0691. The average Bonchev–Trinajstić information content (AvgIpc) is 2.41. The molecule has 58 valence electrons. The second kappa shape index (κ2) is 2.17. The van der Waals surface area contributed by atoms with Crippen molar-refractivity contribution in [1.29, 1.82) is 0 Å². The standard InChI is InChI=1S/C6H12N2O2/c7-3-1-9-6-4(8)2-10-5(3)6/h3-6H,1-2,7-8H2/t3-,4+,5+,6?/m0/s1. The van der Waals surface area contributed by atoms with Crippen LogP contribution in [0.25, 0.3) is 0 Å². The van der Waals surface area contributed by atoms with E-state index in [0.29, 0.717) is 13.2 Å². The monoisotopic (exact) mass is 144 g/mol. The topological polar surface area (TPSA) is 70.5 Å². The van der Waals surface area contributed by atoms with Gasteiger partial charge in [0.25, 0.3) is 0 Å². The molecule has 1 unspecified atom stereocenters. The lowest BCUT2D eigenvalue weighted by atomic mass is 10.1. The highest BCUT2D eigenvalue weighted by molar-refractivity contribution is 4.97. The summed E-state index contributed by atoms with van der Waals surface area (Å²) in [6.07, 6.45) is 0.102. The molecule has 0 bridgehead atoms. The molecule has 0 amide bonds. The zero-order chi connectivity index (χ0) is 7.14. The van der Waals surface area contributed by atoms with Crippen molar-refractivity contribution in [3.63, 3.8) is 0 Å². The molecular formula is C6H12N2O2. The van der Waals surface area contributed by atoms with Crippen LogP contribution < -0.4 is 11.5 Å². The second-order valence-corrected chi connectivity index (χ2v) is 2.92. The van der Waals surface area contributed by atoms with Crippen LogP contribution in [-0.4, -0.2) is 37.5 Å². The van der Waals surface area contributed by atoms with E-state index in [4.69, 9.17) is 20.9 Å². The van der Waals surface area contributed by atoms with Crippen LogP contribution in [0.1, 0.15) is 0 Å². The molecular weight excluding hydrogens is 132 g/mol. The van der Waals surface area contributed by atoms with Gasteiger partial charge in [-0.15, -0.1) is 0 Å². The van der Waals surface area contributed by atoms with E-state index in [2.05, 4.69) is 0 Å². The van der Waals surface area contributed by atoms with Crippen LogP contribution in [0.3, 0.4) is 0 Å². The average molecular weight is 144 g/mol. The summed E-state index contributed by atoms with van der Waals surface area (Å²) in [4.78, 5) is 0. The molecule has 2 fully saturated rings. The Balaban J connectivity index is 2.09. The van der Waals surface area contributed by atoms with Gasteiger partial charge in [-0.3, -0.25) is 0 Å². The molecule has 2 aliphatic rings. The number of fused-ring (bicyclic) bond motifs is 1. The summed E-state index contributed by atoms with van der Waals surface area (Å²) in [5.41, 5.74) is 11.4. The van der Waals surface area contributed by atoms with E-state index >= 15 is 0 Å². The summed E-state index contributed by atoms with van der Waals surface area (Å²) >= 11 is 0. The van der Waals surface area contributed by atoms with Crippen LogP contribution in [0.2, 0.25) is 0 Å². The molecule has 4 atom stereocenters. The van der Waals surface area contributed by atoms with Crippen LogP contribution >= 0.6 is 0 Å². The van der Waals surface area contributed by atoms with Crippen molar-refractivity contribution < 1.29 is 9.47 Å². The van der Waals surface area contributed by atoms with Crippen molar-refractivity contribution in [2.24, 2.45) is 11.5 Å². The van der Waals surface area contributed by atoms with Crippen molar-refractivity contribution in [2.45, 2.75) is 24.3 Å². The first-order chi connectivity index (χ1) is 4.79. The number of hydrogen-bond donors (Lipinski definition) is 2. The van der Waals surface area contributed by atoms with Gasteiger partial charge in [-0.2, -0.15) is 0 Å². The molecule has 0 aliphatic carbocycles. The lowest BCUT2D eigenvalue weighted by Gasteiger charge is -2.10. The maximum atomic E-state index is 5.68. The van der Waals surface area contributed by atoms with Crippen LogP contribution in [-0.2, 0) is 9.47 Å². The SMILES string of the molecule is N[C@@H]1CO[C@H]2C1OC[C@@H]2N. The zero-order valence-electron chi connectivity index (χ0n) is 5.69. The van der Waals surface area contributed by atoms with Crippen molar-refractivity contribution >= 4 is 0 Å². The van der Waals surface area contributed by atoms with Crippen molar-refractivity contribution in [3.05, 3.63) is 0 Å². The van der Waals surface area contributed by atoms with Gasteiger partial charge in [0, 0.05) is 0 Å². The molecule has 10 heavy (non-hydrogen) atoms. The van der Waals surface area contributed by atoms with Crippen LogP contribution in [0.5, 0.6) is 0 Å². The zero-order valence-corrected chi connectivity index (χ0v) is 5.69. The van der Waals surface area contributed by atoms with E-state index in [0.717, 1.165) is 0 Å². The predicted octanol–water partition coefficient (Wildman–Crippen LogP) is -1.56. The largest absolute Gasteiger partial charge is 0.372 e. The van der Waals surface area contributed by atoms with Gasteiger partial charge in [-0.1, -0.05) is 0 Å². The molecule has 2 rings (SSSR count). The fourth-order valence-corrected chi connectivity index (χ4v) is 1.56. The number of rotatable bonds is 0. The summed E-state index contributed by atoms with van der Waals surface area (Å²) < 4.78 is 10.7. The Bertz CT molecular complexity index is 126. The van der Waals surface area contributed by atoms with Crippen molar-refractivity contribution in [2.75, 3.05) is 13.2 Å². The maximum absolute atomic E-state index is 5.68. The molecule has 0 radical (unpaired) electrons. The van der Waals surface area contributed by atoms with Gasteiger partial charge in [-0.05, 0) is 0 Å². The first-order valence-corrected chi connectivity index (χ1v) is 3.53. The Labute approximate surface area is 59.5 Å². The third-order valence-electron chi connectivity index (χ3n) is 2.13. The Morgan fingerprint density at radius 1 is 0.900 bits per heavy atom. The Morgan fingerprint density at radius 3 is 1.70 bits per heavy atom. The molecule has 0 aromatic rings. The van der Waals surface area contributed by atoms with E-state index in [1.165, 1.54) is 0 Å². The summed E-state index contributed by atoms with van der Waals surface area (Å²) in [5, 5.41) is 0. The van der Waals surface area contributed by atoms with Gasteiger partial charge < -0.3 is 20.9 Å². The molecule has 4 N–H and O–H groups in total. The van der Waals surface area contributed by atoms with Gasteiger partial charge in [-0.25, -0.2) is 0 Å². The third kappa shape index (κ3) is 0.769. The van der Waals surface area contributed by atoms with E-state index in [1.807, 2.05) is 0 Å². The first-order valence-electron chi connectivity index (χ1n) is 3.53. The fourth-order valence-electron chi connectivity index (χ4n) is 1.56. The molecule has 2 heterocycles. The number of nitrogens with two attached hydrogens (primary N) is 2. The van der Waals surface area contributed by atoms with E-state index in [9.17, 15) is 0 Å². The summed E-state index contributed by atoms with van der Waals surface area (Å²) in [6.45, 7) is 1.17. The second-order valence-electron chi connectivity index (χ2n) is 2.92. The van der Waals surface area contributed by atoms with Gasteiger partial charge >= 0.3 is 0 Å². The molecule has 0 aromatic heterocycles. The highest BCUT2D eigenvalue weighted by Gasteiger charge is 2.44. The quantitative estimate of drug-likeness (QED) is 0.431. The first kappa shape index (κ1) is 6.54. The normalized spacial score (nSPS) is 53.4. The van der Waals surface area contributed by atoms with Gasteiger partial charge in [0.05, 0.1) is 25.3 Å². The molecule has 4 heteroatoms. The van der Waals surface area contributed by atoms with Gasteiger partial charge in [0.1, 0.15) is 12.2 Å². The summed E-state index contributed by atoms with van der Waals surface area (Å²) in [7, 11) is 0. The van der Waals surface area contributed by atoms with E-state index in [-0.39, 0.29) is 24.3 Å². The van der Waals surface area contributed by atoms with E-state index < -0.39 is 0 Å². The fraction of sp³-hybridized carbons (Fsp3) is 1.00. The highest BCUT2D eigenvalue weighted by atomic mass is 16.6. The van der Waals surface area contributed by atoms with Crippen LogP contribution in [0, 0.1) is 0 Å². The molecule has 2 aliphatic heterocycles. The Kier molecular flexibility index (Phi) is 1.42. The van der Waals surface area contributed by atoms with Gasteiger partial charge in [0.15, 0.2) is 0 Å². The molecule has 2 saturated heterocycles. The maximum Gasteiger partial charge on any atom is 0.103 e. The highest BCUT2D eigenvalue weighted by Crippen LogP contribution is 2.24. The predicted molar refractivity (Wildman–Crippen MR) is 35.4 cm³/mol. The smallest absolute Gasteiger partial charge is 0.103 e. The lowest BCUT2D eigenvalue weighted by Crippen LogP contribution is -2.39.